The number of thiazole rings is 1. The summed E-state index contributed by atoms with van der Waals surface area (Å²) < 4.78 is 11.0. The average Bonchev–Trinajstić information content (AvgIpc) is 2.85. The van der Waals surface area contributed by atoms with Gasteiger partial charge in [0.05, 0.1) is 18.3 Å². The molecule has 0 aromatic carbocycles. The number of aryl methyl sites for hydroxylation is 1. The van der Waals surface area contributed by atoms with Gasteiger partial charge in [0.1, 0.15) is 6.10 Å². The number of nitrogens with two attached hydrogens (primary N) is 1. The lowest BCUT2D eigenvalue weighted by atomic mass is 10.1. The lowest BCUT2D eigenvalue weighted by molar-refractivity contribution is -0.125. The second-order valence-corrected chi connectivity index (χ2v) is 5.60. The quantitative estimate of drug-likeness (QED) is 0.817. The number of carbonyl (C=O) groups excluding carboxylic acids is 1. The second-order valence-electron chi connectivity index (χ2n) is 4.71. The van der Waals surface area contributed by atoms with Crippen molar-refractivity contribution in [1.29, 1.82) is 0 Å². The Bertz CT molecular complexity index is 436. The van der Waals surface area contributed by atoms with Gasteiger partial charge in [0, 0.05) is 25.0 Å². The molecule has 3 N–H and O–H groups in total. The van der Waals surface area contributed by atoms with Crippen LogP contribution in [0.3, 0.4) is 0 Å². The molecule has 1 aliphatic rings. The molecule has 112 valence electrons. The number of rotatable bonds is 6. The highest BCUT2D eigenvalue weighted by molar-refractivity contribution is 7.13. The van der Waals surface area contributed by atoms with Gasteiger partial charge in [-0.25, -0.2) is 4.98 Å². The number of hydrogen-bond acceptors (Lipinski definition) is 6. The molecule has 0 aliphatic carbocycles. The molecule has 1 aliphatic heterocycles. The normalized spacial score (nSPS) is 22.6. The fourth-order valence-corrected chi connectivity index (χ4v) is 2.81. The summed E-state index contributed by atoms with van der Waals surface area (Å²) in [5, 5.41) is 5.46. The van der Waals surface area contributed by atoms with Gasteiger partial charge in [-0.1, -0.05) is 0 Å². The number of amides is 1. The van der Waals surface area contributed by atoms with Gasteiger partial charge >= 0.3 is 0 Å². The lowest BCUT2D eigenvalue weighted by Gasteiger charge is -2.31. The van der Waals surface area contributed by atoms with Crippen molar-refractivity contribution in [3.05, 3.63) is 11.1 Å². The Morgan fingerprint density at radius 3 is 3.25 bits per heavy atom. The molecule has 20 heavy (non-hydrogen) atoms. The molecule has 1 amide bonds. The lowest BCUT2D eigenvalue weighted by Crippen LogP contribution is -2.50. The molecule has 0 bridgehead atoms. The zero-order valence-corrected chi connectivity index (χ0v) is 12.4. The summed E-state index contributed by atoms with van der Waals surface area (Å²) in [6.45, 7) is 3.77. The highest BCUT2D eigenvalue weighted by atomic mass is 32.1. The Morgan fingerprint density at radius 1 is 1.70 bits per heavy atom. The van der Waals surface area contributed by atoms with Crippen molar-refractivity contribution in [3.8, 4) is 0 Å². The molecule has 1 saturated heterocycles. The van der Waals surface area contributed by atoms with E-state index in [-0.39, 0.29) is 18.1 Å². The topological polar surface area (TPSA) is 86.5 Å². The van der Waals surface area contributed by atoms with Crippen LogP contribution in [0.1, 0.15) is 25.5 Å². The van der Waals surface area contributed by atoms with E-state index in [4.69, 9.17) is 15.2 Å². The van der Waals surface area contributed by atoms with Crippen LogP contribution in [0.25, 0.3) is 0 Å². The van der Waals surface area contributed by atoms with Crippen molar-refractivity contribution < 1.29 is 14.3 Å². The van der Waals surface area contributed by atoms with Crippen molar-refractivity contribution in [3.63, 3.8) is 0 Å². The van der Waals surface area contributed by atoms with E-state index in [0.717, 1.165) is 12.1 Å². The van der Waals surface area contributed by atoms with Gasteiger partial charge in [0.2, 0.25) is 5.91 Å². The molecule has 0 saturated carbocycles. The molecule has 1 aromatic heterocycles. The molecule has 1 aromatic rings. The van der Waals surface area contributed by atoms with Crippen LogP contribution in [0.2, 0.25) is 0 Å². The number of hydrogen-bond donors (Lipinski definition) is 2. The third-order valence-electron chi connectivity index (χ3n) is 3.21. The molecule has 6 nitrogen and oxygen atoms in total. The summed E-state index contributed by atoms with van der Waals surface area (Å²) in [7, 11) is 0. The Hall–Kier alpha value is -1.18. The standard InChI is InChI=1S/C13H21N3O3S/c1-2-19-11-7-18-6-5-10(11)16-12(17)4-3-9-8-20-13(14)15-9/h8,10-11H,2-7H2,1H3,(H2,14,15)(H,16,17)/t10-,11-/m1/s1. The number of ether oxygens (including phenoxy) is 2. The maximum Gasteiger partial charge on any atom is 0.220 e. The predicted molar refractivity (Wildman–Crippen MR) is 77.6 cm³/mol. The Morgan fingerprint density at radius 2 is 2.55 bits per heavy atom. The third-order valence-corrected chi connectivity index (χ3v) is 3.93. The molecule has 2 heterocycles. The molecule has 1 fully saturated rings. The van der Waals surface area contributed by atoms with Gasteiger partial charge in [0.25, 0.3) is 0 Å². The zero-order chi connectivity index (χ0) is 14.4. The minimum atomic E-state index is -0.0485. The Labute approximate surface area is 122 Å². The van der Waals surface area contributed by atoms with Crippen LogP contribution in [-0.4, -0.2) is 42.9 Å². The average molecular weight is 299 g/mol. The van der Waals surface area contributed by atoms with Gasteiger partial charge in [-0.3, -0.25) is 4.79 Å². The third kappa shape index (κ3) is 4.43. The fourth-order valence-electron chi connectivity index (χ4n) is 2.21. The van der Waals surface area contributed by atoms with Crippen molar-refractivity contribution in [1.82, 2.24) is 10.3 Å². The summed E-state index contributed by atoms with van der Waals surface area (Å²) >= 11 is 1.40. The van der Waals surface area contributed by atoms with E-state index in [2.05, 4.69) is 10.3 Å². The van der Waals surface area contributed by atoms with Crippen LogP contribution in [0.15, 0.2) is 5.38 Å². The first-order valence-corrected chi connectivity index (χ1v) is 7.75. The molecular formula is C13H21N3O3S. The van der Waals surface area contributed by atoms with Crippen molar-refractivity contribution >= 4 is 22.4 Å². The first kappa shape index (κ1) is 15.2. The van der Waals surface area contributed by atoms with Crippen molar-refractivity contribution in [2.75, 3.05) is 25.6 Å². The SMILES string of the molecule is CCO[C@@H]1COCC[C@H]1NC(=O)CCc1csc(N)n1. The van der Waals surface area contributed by atoms with E-state index in [1.165, 1.54) is 11.3 Å². The van der Waals surface area contributed by atoms with E-state index in [1.807, 2.05) is 12.3 Å². The highest BCUT2D eigenvalue weighted by Crippen LogP contribution is 2.14. The summed E-state index contributed by atoms with van der Waals surface area (Å²) in [5.74, 6) is 0.0215. The molecule has 0 radical (unpaired) electrons. The number of anilines is 1. The van der Waals surface area contributed by atoms with Gasteiger partial charge in [-0.05, 0) is 19.8 Å². The smallest absolute Gasteiger partial charge is 0.220 e. The van der Waals surface area contributed by atoms with Gasteiger partial charge < -0.3 is 20.5 Å². The van der Waals surface area contributed by atoms with Gasteiger partial charge in [-0.15, -0.1) is 11.3 Å². The number of carbonyl (C=O) groups is 1. The minimum Gasteiger partial charge on any atom is -0.379 e. The largest absolute Gasteiger partial charge is 0.379 e. The van der Waals surface area contributed by atoms with E-state index >= 15 is 0 Å². The molecule has 0 unspecified atom stereocenters. The van der Waals surface area contributed by atoms with Crippen LogP contribution in [0.4, 0.5) is 5.13 Å². The van der Waals surface area contributed by atoms with E-state index < -0.39 is 0 Å². The van der Waals surface area contributed by atoms with Crippen LogP contribution in [-0.2, 0) is 20.7 Å². The number of nitrogens with one attached hydrogen (secondary N) is 1. The maximum absolute atomic E-state index is 12.0. The monoisotopic (exact) mass is 299 g/mol. The van der Waals surface area contributed by atoms with Crippen LogP contribution in [0, 0.1) is 0 Å². The van der Waals surface area contributed by atoms with Gasteiger partial charge in [-0.2, -0.15) is 0 Å². The van der Waals surface area contributed by atoms with Crippen molar-refractivity contribution in [2.24, 2.45) is 0 Å². The summed E-state index contributed by atoms with van der Waals surface area (Å²) in [5.41, 5.74) is 6.43. The predicted octanol–water partition coefficient (Wildman–Crippen LogP) is 0.968. The highest BCUT2D eigenvalue weighted by Gasteiger charge is 2.27. The van der Waals surface area contributed by atoms with Crippen LogP contribution < -0.4 is 11.1 Å². The van der Waals surface area contributed by atoms with Gasteiger partial charge in [0.15, 0.2) is 5.13 Å². The number of nitrogens with zero attached hydrogens (tertiary/aromatic N) is 1. The van der Waals surface area contributed by atoms with Crippen LogP contribution >= 0.6 is 11.3 Å². The summed E-state index contributed by atoms with van der Waals surface area (Å²) in [4.78, 5) is 16.1. The molecule has 2 atom stereocenters. The number of aromatic nitrogens is 1. The fraction of sp³-hybridized carbons (Fsp3) is 0.692. The number of nitrogen functional groups attached to an aromatic ring is 1. The second kappa shape index (κ2) is 7.56. The van der Waals surface area contributed by atoms with Crippen molar-refractivity contribution in [2.45, 2.75) is 38.3 Å². The van der Waals surface area contributed by atoms with E-state index in [1.54, 1.807) is 0 Å². The molecule has 0 spiro atoms. The zero-order valence-electron chi connectivity index (χ0n) is 11.6. The minimum absolute atomic E-state index is 0.0215. The Kier molecular flexibility index (Phi) is 5.75. The first-order chi connectivity index (χ1) is 9.69. The summed E-state index contributed by atoms with van der Waals surface area (Å²) in [6.07, 6.45) is 1.77. The maximum atomic E-state index is 12.0. The van der Waals surface area contributed by atoms with E-state index in [9.17, 15) is 4.79 Å². The molecule has 2 rings (SSSR count). The molecule has 7 heteroatoms. The van der Waals surface area contributed by atoms with Crippen LogP contribution in [0.5, 0.6) is 0 Å². The van der Waals surface area contributed by atoms with E-state index in [0.29, 0.717) is 37.8 Å². The first-order valence-electron chi connectivity index (χ1n) is 6.87. The summed E-state index contributed by atoms with van der Waals surface area (Å²) in [6, 6.07) is 0.0386. The Balaban J connectivity index is 1.77. The molecular weight excluding hydrogens is 278 g/mol.